The van der Waals surface area contributed by atoms with Crippen molar-refractivity contribution in [3.63, 3.8) is 0 Å². The number of nitrogens with zero attached hydrogens (tertiary/aromatic N) is 1. The molecule has 1 heterocycles. The van der Waals surface area contributed by atoms with Crippen molar-refractivity contribution in [2.24, 2.45) is 5.92 Å². The third-order valence-electron chi connectivity index (χ3n) is 2.93. The summed E-state index contributed by atoms with van der Waals surface area (Å²) in [5, 5.41) is 3.19. The van der Waals surface area contributed by atoms with Gasteiger partial charge in [0.1, 0.15) is 0 Å². The van der Waals surface area contributed by atoms with Crippen LogP contribution in [0.25, 0.3) is 0 Å². The van der Waals surface area contributed by atoms with Crippen molar-refractivity contribution in [1.29, 1.82) is 0 Å². The van der Waals surface area contributed by atoms with E-state index in [4.69, 9.17) is 0 Å². The fraction of sp³-hybridized carbons (Fsp3) is 0.750. The second-order valence-corrected chi connectivity index (χ2v) is 4.23. The lowest BCUT2D eigenvalue weighted by molar-refractivity contribution is -0.132. The zero-order valence-electron chi connectivity index (χ0n) is 9.67. The van der Waals surface area contributed by atoms with Crippen LogP contribution in [-0.2, 0) is 4.79 Å². The summed E-state index contributed by atoms with van der Waals surface area (Å²) in [6.45, 7) is 6.53. The molecule has 0 saturated carbocycles. The van der Waals surface area contributed by atoms with Crippen molar-refractivity contribution in [3.8, 4) is 0 Å². The molecule has 0 aromatic carbocycles. The zero-order valence-corrected chi connectivity index (χ0v) is 9.67. The number of allylic oxidation sites excluding steroid dienone is 1. The van der Waals surface area contributed by atoms with Crippen LogP contribution in [-0.4, -0.2) is 37.5 Å². The minimum atomic E-state index is 0.288. The minimum absolute atomic E-state index is 0.288. The fourth-order valence-electron chi connectivity index (χ4n) is 2.13. The Kier molecular flexibility index (Phi) is 5.40. The molecule has 0 bridgehead atoms. The van der Waals surface area contributed by atoms with E-state index in [1.807, 2.05) is 18.0 Å². The van der Waals surface area contributed by atoms with E-state index in [0.29, 0.717) is 12.3 Å². The standard InChI is InChI=1S/C12H22N2O/c1-3-4-7-12(15)14-8-5-6-11(10-14)9-13-2/h3,11,13H,1,4-10H2,2H3. The molecule has 0 aliphatic carbocycles. The molecule has 0 aromatic rings. The number of carbonyl (C=O) groups is 1. The molecule has 1 aliphatic rings. The van der Waals surface area contributed by atoms with Gasteiger partial charge in [0.15, 0.2) is 0 Å². The fourth-order valence-corrected chi connectivity index (χ4v) is 2.13. The van der Waals surface area contributed by atoms with Gasteiger partial charge in [-0.25, -0.2) is 0 Å². The van der Waals surface area contributed by atoms with Gasteiger partial charge in [-0.3, -0.25) is 4.79 Å². The third-order valence-corrected chi connectivity index (χ3v) is 2.93. The van der Waals surface area contributed by atoms with E-state index < -0.39 is 0 Å². The van der Waals surface area contributed by atoms with E-state index in [9.17, 15) is 4.79 Å². The van der Waals surface area contributed by atoms with Crippen LogP contribution in [0.1, 0.15) is 25.7 Å². The highest BCUT2D eigenvalue weighted by molar-refractivity contribution is 5.76. The van der Waals surface area contributed by atoms with Crippen LogP contribution in [0.5, 0.6) is 0 Å². The Labute approximate surface area is 92.5 Å². The molecular formula is C12H22N2O. The summed E-state index contributed by atoms with van der Waals surface area (Å²) >= 11 is 0. The van der Waals surface area contributed by atoms with Gasteiger partial charge in [-0.15, -0.1) is 6.58 Å². The molecule has 3 nitrogen and oxygen atoms in total. The number of likely N-dealkylation sites (tertiary alicyclic amines) is 1. The van der Waals surface area contributed by atoms with Crippen molar-refractivity contribution in [1.82, 2.24) is 10.2 Å². The van der Waals surface area contributed by atoms with E-state index in [1.54, 1.807) is 0 Å². The molecule has 0 radical (unpaired) electrons. The molecule has 15 heavy (non-hydrogen) atoms. The van der Waals surface area contributed by atoms with Crippen molar-refractivity contribution in [2.45, 2.75) is 25.7 Å². The summed E-state index contributed by atoms with van der Waals surface area (Å²) in [6.07, 6.45) is 5.62. The maximum Gasteiger partial charge on any atom is 0.222 e. The van der Waals surface area contributed by atoms with Crippen molar-refractivity contribution in [3.05, 3.63) is 12.7 Å². The molecule has 1 unspecified atom stereocenters. The van der Waals surface area contributed by atoms with Crippen LogP contribution in [0.2, 0.25) is 0 Å². The van der Waals surface area contributed by atoms with Crippen molar-refractivity contribution >= 4 is 5.91 Å². The average Bonchev–Trinajstić information content (AvgIpc) is 2.27. The van der Waals surface area contributed by atoms with Crippen LogP contribution in [0, 0.1) is 5.92 Å². The smallest absolute Gasteiger partial charge is 0.222 e. The van der Waals surface area contributed by atoms with E-state index in [0.717, 1.165) is 32.5 Å². The van der Waals surface area contributed by atoms with Gasteiger partial charge in [0, 0.05) is 19.5 Å². The molecule has 1 aliphatic heterocycles. The Hall–Kier alpha value is -0.830. The molecule has 1 saturated heterocycles. The molecule has 3 heteroatoms. The number of nitrogens with one attached hydrogen (secondary N) is 1. The molecular weight excluding hydrogens is 188 g/mol. The quantitative estimate of drug-likeness (QED) is 0.696. The van der Waals surface area contributed by atoms with Gasteiger partial charge in [0.2, 0.25) is 5.91 Å². The maximum atomic E-state index is 11.8. The maximum absolute atomic E-state index is 11.8. The summed E-state index contributed by atoms with van der Waals surface area (Å²) in [6, 6.07) is 0. The zero-order chi connectivity index (χ0) is 11.1. The first-order chi connectivity index (χ1) is 7.27. The highest BCUT2D eigenvalue weighted by Gasteiger charge is 2.22. The molecule has 1 atom stereocenters. The van der Waals surface area contributed by atoms with Crippen LogP contribution >= 0.6 is 0 Å². The monoisotopic (exact) mass is 210 g/mol. The highest BCUT2D eigenvalue weighted by atomic mass is 16.2. The normalized spacial score (nSPS) is 21.4. The number of hydrogen-bond acceptors (Lipinski definition) is 2. The van der Waals surface area contributed by atoms with E-state index in [1.165, 1.54) is 6.42 Å². The molecule has 1 rings (SSSR count). The predicted molar refractivity (Wildman–Crippen MR) is 62.7 cm³/mol. The topological polar surface area (TPSA) is 32.3 Å². The van der Waals surface area contributed by atoms with Crippen LogP contribution in [0.3, 0.4) is 0 Å². The first-order valence-corrected chi connectivity index (χ1v) is 5.81. The van der Waals surface area contributed by atoms with Gasteiger partial charge in [0.25, 0.3) is 0 Å². The Morgan fingerprint density at radius 2 is 2.47 bits per heavy atom. The van der Waals surface area contributed by atoms with Gasteiger partial charge in [-0.1, -0.05) is 6.08 Å². The second kappa shape index (κ2) is 6.62. The summed E-state index contributed by atoms with van der Waals surface area (Å²) in [4.78, 5) is 13.8. The van der Waals surface area contributed by atoms with Gasteiger partial charge >= 0.3 is 0 Å². The summed E-state index contributed by atoms with van der Waals surface area (Å²) in [5.74, 6) is 0.923. The number of carbonyl (C=O) groups excluding carboxylic acids is 1. The lowest BCUT2D eigenvalue weighted by Gasteiger charge is -2.32. The summed E-state index contributed by atoms with van der Waals surface area (Å²) in [5.41, 5.74) is 0. The number of rotatable bonds is 5. The molecule has 86 valence electrons. The predicted octanol–water partition coefficient (Wildman–Crippen LogP) is 1.41. The summed E-state index contributed by atoms with van der Waals surface area (Å²) < 4.78 is 0. The van der Waals surface area contributed by atoms with E-state index in [2.05, 4.69) is 11.9 Å². The van der Waals surface area contributed by atoms with Gasteiger partial charge in [0.05, 0.1) is 0 Å². The van der Waals surface area contributed by atoms with Crippen molar-refractivity contribution < 1.29 is 4.79 Å². The Bertz CT molecular complexity index is 214. The minimum Gasteiger partial charge on any atom is -0.342 e. The van der Waals surface area contributed by atoms with Gasteiger partial charge in [-0.05, 0) is 38.8 Å². The lowest BCUT2D eigenvalue weighted by Crippen LogP contribution is -2.42. The van der Waals surface area contributed by atoms with Crippen molar-refractivity contribution in [2.75, 3.05) is 26.7 Å². The first kappa shape index (κ1) is 12.2. The number of amides is 1. The van der Waals surface area contributed by atoms with Crippen LogP contribution in [0.15, 0.2) is 12.7 Å². The van der Waals surface area contributed by atoms with Crippen LogP contribution < -0.4 is 5.32 Å². The lowest BCUT2D eigenvalue weighted by atomic mass is 9.97. The molecule has 0 spiro atoms. The number of hydrogen-bond donors (Lipinski definition) is 1. The number of piperidine rings is 1. The molecule has 0 aromatic heterocycles. The Morgan fingerprint density at radius 1 is 1.67 bits per heavy atom. The first-order valence-electron chi connectivity index (χ1n) is 5.81. The average molecular weight is 210 g/mol. The Morgan fingerprint density at radius 3 is 3.13 bits per heavy atom. The largest absolute Gasteiger partial charge is 0.342 e. The highest BCUT2D eigenvalue weighted by Crippen LogP contribution is 2.16. The second-order valence-electron chi connectivity index (χ2n) is 4.23. The van der Waals surface area contributed by atoms with E-state index in [-0.39, 0.29) is 5.91 Å². The molecule has 1 N–H and O–H groups in total. The van der Waals surface area contributed by atoms with Gasteiger partial charge in [-0.2, -0.15) is 0 Å². The molecule has 1 fully saturated rings. The molecule has 1 amide bonds. The van der Waals surface area contributed by atoms with Crippen LogP contribution in [0.4, 0.5) is 0 Å². The van der Waals surface area contributed by atoms with Gasteiger partial charge < -0.3 is 10.2 Å². The third kappa shape index (κ3) is 4.04. The van der Waals surface area contributed by atoms with E-state index >= 15 is 0 Å². The SMILES string of the molecule is C=CCCC(=O)N1CCCC(CNC)C1. The summed E-state index contributed by atoms with van der Waals surface area (Å²) in [7, 11) is 1.97. The Balaban J connectivity index is 2.34.